The van der Waals surface area contributed by atoms with Gasteiger partial charge in [-0.1, -0.05) is 30.1 Å². The zero-order valence-electron chi connectivity index (χ0n) is 14.7. The molecular weight excluding hydrogens is 356 g/mol. The van der Waals surface area contributed by atoms with E-state index in [1.165, 1.54) is 0 Å². The normalized spacial score (nSPS) is 21.1. The van der Waals surface area contributed by atoms with E-state index in [0.29, 0.717) is 30.4 Å². The summed E-state index contributed by atoms with van der Waals surface area (Å²) in [5, 5.41) is 4.07. The van der Waals surface area contributed by atoms with Crippen molar-refractivity contribution < 1.29 is 14.1 Å². The summed E-state index contributed by atoms with van der Waals surface area (Å²) in [6, 6.07) is 7.54. The molecule has 4 rings (SSSR count). The maximum atomic E-state index is 12.5. The van der Waals surface area contributed by atoms with Crippen molar-refractivity contribution in [2.24, 2.45) is 5.73 Å². The van der Waals surface area contributed by atoms with Crippen molar-refractivity contribution in [2.75, 3.05) is 11.4 Å². The molecule has 0 radical (unpaired) electrons. The van der Waals surface area contributed by atoms with Gasteiger partial charge in [0.2, 0.25) is 5.89 Å². The number of carbonyl (C=O) groups is 1. The zero-order valence-corrected chi connectivity index (χ0v) is 15.5. The topological polar surface area (TPSA) is 94.5 Å². The Morgan fingerprint density at radius 2 is 2.04 bits per heavy atom. The minimum Gasteiger partial charge on any atom is -0.479 e. The van der Waals surface area contributed by atoms with E-state index in [1.54, 1.807) is 11.8 Å². The fourth-order valence-corrected chi connectivity index (χ4v) is 3.59. The van der Waals surface area contributed by atoms with Crippen LogP contribution in [0.15, 0.2) is 28.8 Å². The fraction of sp³-hybridized carbons (Fsp3) is 0.500. The van der Waals surface area contributed by atoms with Gasteiger partial charge in [-0.15, -0.1) is 12.4 Å². The first kappa shape index (κ1) is 18.7. The van der Waals surface area contributed by atoms with Crippen LogP contribution in [0.1, 0.15) is 44.3 Å². The summed E-state index contributed by atoms with van der Waals surface area (Å²) in [4.78, 5) is 18.7. The smallest absolute Gasteiger partial charge is 0.267 e. The second-order valence-electron chi connectivity index (χ2n) is 6.84. The van der Waals surface area contributed by atoms with Gasteiger partial charge in [0.25, 0.3) is 5.91 Å². The third kappa shape index (κ3) is 3.29. The molecule has 7 nitrogen and oxygen atoms in total. The van der Waals surface area contributed by atoms with Crippen LogP contribution in [-0.2, 0) is 16.8 Å². The number of halogens is 1. The van der Waals surface area contributed by atoms with Crippen molar-refractivity contribution >= 4 is 24.0 Å². The quantitative estimate of drug-likeness (QED) is 0.878. The lowest BCUT2D eigenvalue weighted by Gasteiger charge is -2.32. The molecule has 0 spiro atoms. The molecule has 1 atom stereocenters. The minimum atomic E-state index is -0.501. The molecule has 2 N–H and O–H groups in total. The Labute approximate surface area is 158 Å². The van der Waals surface area contributed by atoms with E-state index in [1.807, 2.05) is 24.3 Å². The summed E-state index contributed by atoms with van der Waals surface area (Å²) in [6.45, 7) is 2.22. The Kier molecular flexibility index (Phi) is 5.20. The number of carbonyl (C=O) groups excluding carboxylic acids is 1. The van der Waals surface area contributed by atoms with E-state index in [9.17, 15) is 4.79 Å². The average molecular weight is 379 g/mol. The van der Waals surface area contributed by atoms with Crippen molar-refractivity contribution in [3.8, 4) is 5.75 Å². The second-order valence-corrected chi connectivity index (χ2v) is 6.84. The predicted molar refractivity (Wildman–Crippen MR) is 98.5 cm³/mol. The molecule has 0 bridgehead atoms. The van der Waals surface area contributed by atoms with Gasteiger partial charge in [0.15, 0.2) is 11.9 Å². The maximum absolute atomic E-state index is 12.5. The molecule has 1 fully saturated rings. The molecule has 1 unspecified atom stereocenters. The molecule has 1 saturated carbocycles. The Balaban J connectivity index is 0.00000196. The molecule has 2 aliphatic rings. The first-order valence-electron chi connectivity index (χ1n) is 8.76. The van der Waals surface area contributed by atoms with Crippen molar-refractivity contribution in [3.63, 3.8) is 0 Å². The molecule has 26 heavy (non-hydrogen) atoms. The standard InChI is InChI=1S/C18H22N4O3.ClH/c1-12-16(23)22(13-6-2-3-7-14(13)24-12)11-8-15-20-17(21-25-15)18(19)9-4-5-10-18;/h2-3,6-7,12H,4-5,8-11,19H2,1H3;1H. The largest absolute Gasteiger partial charge is 0.479 e. The number of para-hydroxylation sites is 2. The third-order valence-corrected chi connectivity index (χ3v) is 5.03. The van der Waals surface area contributed by atoms with Crippen LogP contribution in [0.3, 0.4) is 0 Å². The van der Waals surface area contributed by atoms with Crippen LogP contribution in [-0.4, -0.2) is 28.7 Å². The number of nitrogens with two attached hydrogens (primary N) is 1. The van der Waals surface area contributed by atoms with Gasteiger partial charge >= 0.3 is 0 Å². The maximum Gasteiger partial charge on any atom is 0.267 e. The summed E-state index contributed by atoms with van der Waals surface area (Å²) in [7, 11) is 0. The number of anilines is 1. The summed E-state index contributed by atoms with van der Waals surface area (Å²) in [5.74, 6) is 1.75. The van der Waals surface area contributed by atoms with Crippen molar-refractivity contribution in [3.05, 3.63) is 36.0 Å². The Morgan fingerprint density at radius 1 is 1.31 bits per heavy atom. The van der Waals surface area contributed by atoms with Gasteiger partial charge in [0.1, 0.15) is 5.75 Å². The number of hydrogen-bond acceptors (Lipinski definition) is 6. The van der Waals surface area contributed by atoms with Gasteiger partial charge in [-0.25, -0.2) is 0 Å². The molecule has 2 heterocycles. The van der Waals surface area contributed by atoms with E-state index >= 15 is 0 Å². The molecule has 1 aliphatic carbocycles. The highest BCUT2D eigenvalue weighted by Gasteiger charge is 2.36. The van der Waals surface area contributed by atoms with E-state index in [2.05, 4.69) is 10.1 Å². The lowest BCUT2D eigenvalue weighted by Crippen LogP contribution is -2.45. The van der Waals surface area contributed by atoms with Gasteiger partial charge < -0.3 is 19.9 Å². The number of fused-ring (bicyclic) bond motifs is 1. The molecule has 0 saturated heterocycles. The third-order valence-electron chi connectivity index (χ3n) is 5.03. The summed E-state index contributed by atoms with van der Waals surface area (Å²) in [6.07, 6.45) is 3.95. The number of aromatic nitrogens is 2. The number of nitrogens with zero attached hydrogens (tertiary/aromatic N) is 3. The lowest BCUT2D eigenvalue weighted by molar-refractivity contribution is -0.125. The average Bonchev–Trinajstić information content (AvgIpc) is 3.25. The molecule has 1 aliphatic heterocycles. The van der Waals surface area contributed by atoms with Crippen molar-refractivity contribution in [1.82, 2.24) is 10.1 Å². The molecule has 1 aromatic carbocycles. The molecule has 2 aromatic rings. The van der Waals surface area contributed by atoms with E-state index < -0.39 is 11.6 Å². The number of rotatable bonds is 4. The van der Waals surface area contributed by atoms with Crippen LogP contribution in [0.25, 0.3) is 0 Å². The Hall–Kier alpha value is -2.12. The second kappa shape index (κ2) is 7.25. The first-order chi connectivity index (χ1) is 12.1. The van der Waals surface area contributed by atoms with E-state index in [4.69, 9.17) is 15.0 Å². The highest BCUT2D eigenvalue weighted by Crippen LogP contribution is 2.35. The minimum absolute atomic E-state index is 0. The highest BCUT2D eigenvalue weighted by atomic mass is 35.5. The van der Waals surface area contributed by atoms with Gasteiger partial charge in [-0.05, 0) is 31.9 Å². The van der Waals surface area contributed by atoms with Crippen LogP contribution >= 0.6 is 12.4 Å². The summed E-state index contributed by atoms with van der Waals surface area (Å²) >= 11 is 0. The predicted octanol–water partition coefficient (Wildman–Crippen LogP) is 2.58. The van der Waals surface area contributed by atoms with Gasteiger partial charge in [-0.3, -0.25) is 4.79 Å². The molecule has 1 aromatic heterocycles. The van der Waals surface area contributed by atoms with Gasteiger partial charge in [-0.2, -0.15) is 4.98 Å². The first-order valence-corrected chi connectivity index (χ1v) is 8.76. The number of benzene rings is 1. The number of ether oxygens (including phenoxy) is 1. The molecule has 1 amide bonds. The molecule has 8 heteroatoms. The molecule has 140 valence electrons. The highest BCUT2D eigenvalue weighted by molar-refractivity contribution is 5.99. The Morgan fingerprint density at radius 3 is 2.81 bits per heavy atom. The van der Waals surface area contributed by atoms with Gasteiger partial charge in [0, 0.05) is 13.0 Å². The lowest BCUT2D eigenvalue weighted by atomic mass is 9.99. The monoisotopic (exact) mass is 378 g/mol. The van der Waals surface area contributed by atoms with Crippen LogP contribution in [0.2, 0.25) is 0 Å². The van der Waals surface area contributed by atoms with Crippen LogP contribution < -0.4 is 15.4 Å². The zero-order chi connectivity index (χ0) is 17.4. The van der Waals surface area contributed by atoms with Gasteiger partial charge in [0.05, 0.1) is 11.2 Å². The number of amides is 1. The van der Waals surface area contributed by atoms with E-state index in [-0.39, 0.29) is 18.3 Å². The van der Waals surface area contributed by atoms with Crippen molar-refractivity contribution in [1.29, 1.82) is 0 Å². The van der Waals surface area contributed by atoms with Crippen LogP contribution in [0.4, 0.5) is 5.69 Å². The van der Waals surface area contributed by atoms with E-state index in [0.717, 1.165) is 31.4 Å². The van der Waals surface area contributed by atoms with Crippen LogP contribution in [0, 0.1) is 0 Å². The fourth-order valence-electron chi connectivity index (χ4n) is 3.59. The van der Waals surface area contributed by atoms with Crippen LogP contribution in [0.5, 0.6) is 5.75 Å². The summed E-state index contributed by atoms with van der Waals surface area (Å²) in [5.41, 5.74) is 6.68. The molecular formula is C18H23ClN4O3. The Bertz CT molecular complexity index is 788. The summed E-state index contributed by atoms with van der Waals surface area (Å²) < 4.78 is 11.0. The SMILES string of the molecule is CC1Oc2ccccc2N(CCc2nc(C3(N)CCCC3)no2)C1=O.Cl. The number of hydrogen-bond donors (Lipinski definition) is 1. The van der Waals surface area contributed by atoms with Crippen molar-refractivity contribution in [2.45, 2.75) is 50.7 Å².